The van der Waals surface area contributed by atoms with Gasteiger partial charge in [-0.25, -0.2) is 4.98 Å². The molecule has 0 saturated heterocycles. The molecule has 0 spiro atoms. The zero-order chi connectivity index (χ0) is 15.5. The second kappa shape index (κ2) is 6.07. The van der Waals surface area contributed by atoms with Gasteiger partial charge in [-0.2, -0.15) is 0 Å². The van der Waals surface area contributed by atoms with E-state index >= 15 is 0 Å². The van der Waals surface area contributed by atoms with E-state index in [4.69, 9.17) is 0 Å². The number of amides is 1. The Balaban J connectivity index is 1.78. The molecule has 2 heterocycles. The summed E-state index contributed by atoms with van der Waals surface area (Å²) in [6.07, 6.45) is 1.61. The number of anilines is 1. The molecule has 110 valence electrons. The van der Waals surface area contributed by atoms with E-state index in [9.17, 15) is 4.79 Å². The Hall–Kier alpha value is -2.53. The third-order valence-electron chi connectivity index (χ3n) is 3.30. The summed E-state index contributed by atoms with van der Waals surface area (Å²) in [5.41, 5.74) is 4.37. The van der Waals surface area contributed by atoms with Gasteiger partial charge in [-0.15, -0.1) is 11.3 Å². The molecule has 0 aliphatic heterocycles. The van der Waals surface area contributed by atoms with Crippen LogP contribution in [0.3, 0.4) is 0 Å². The summed E-state index contributed by atoms with van der Waals surface area (Å²) >= 11 is 1.41. The number of aromatic nitrogens is 2. The number of hydrogen-bond acceptors (Lipinski definition) is 4. The van der Waals surface area contributed by atoms with Crippen LogP contribution in [0.2, 0.25) is 0 Å². The number of rotatable bonds is 3. The van der Waals surface area contributed by atoms with E-state index in [-0.39, 0.29) is 5.91 Å². The Kier molecular flexibility index (Phi) is 3.98. The maximum atomic E-state index is 12.2. The van der Waals surface area contributed by atoms with Crippen LogP contribution in [0.25, 0.3) is 11.3 Å². The summed E-state index contributed by atoms with van der Waals surface area (Å²) in [6.45, 7) is 3.91. The molecule has 0 saturated carbocycles. The Morgan fingerprint density at radius 1 is 1.14 bits per heavy atom. The molecule has 4 nitrogen and oxygen atoms in total. The number of pyridine rings is 1. The second-order valence-electron chi connectivity index (χ2n) is 5.03. The number of benzene rings is 1. The Morgan fingerprint density at radius 3 is 2.64 bits per heavy atom. The topological polar surface area (TPSA) is 54.9 Å². The smallest absolute Gasteiger partial charge is 0.276 e. The minimum atomic E-state index is -0.233. The molecular formula is C17H15N3OS. The lowest BCUT2D eigenvalue weighted by molar-refractivity contribution is 0.102. The van der Waals surface area contributed by atoms with Crippen LogP contribution in [-0.2, 0) is 0 Å². The fraction of sp³-hybridized carbons (Fsp3) is 0.118. The van der Waals surface area contributed by atoms with Crippen molar-refractivity contribution in [2.75, 3.05) is 5.32 Å². The van der Waals surface area contributed by atoms with E-state index in [0.717, 1.165) is 16.8 Å². The van der Waals surface area contributed by atoms with E-state index in [2.05, 4.69) is 15.3 Å². The predicted molar refractivity (Wildman–Crippen MR) is 89.2 cm³/mol. The average molecular weight is 309 g/mol. The van der Waals surface area contributed by atoms with Crippen LogP contribution in [0, 0.1) is 13.8 Å². The molecule has 0 atom stereocenters. The Labute approximate surface area is 132 Å². The molecular weight excluding hydrogens is 294 g/mol. The van der Waals surface area contributed by atoms with E-state index in [0.29, 0.717) is 10.8 Å². The van der Waals surface area contributed by atoms with Crippen LogP contribution in [0.15, 0.2) is 48.0 Å². The lowest BCUT2D eigenvalue weighted by Gasteiger charge is -2.03. The SMILES string of the molecule is Cc1ccc(-c2csc(NC(=O)c3ncccc3C)n2)cc1. The minimum absolute atomic E-state index is 0.233. The molecule has 1 amide bonds. The van der Waals surface area contributed by atoms with Gasteiger partial charge in [0.2, 0.25) is 0 Å². The molecule has 1 aromatic carbocycles. The number of thiazole rings is 1. The number of hydrogen-bond donors (Lipinski definition) is 1. The molecule has 0 fully saturated rings. The average Bonchev–Trinajstić information content (AvgIpc) is 2.97. The van der Waals surface area contributed by atoms with Gasteiger partial charge in [0.05, 0.1) is 5.69 Å². The maximum Gasteiger partial charge on any atom is 0.276 e. The summed E-state index contributed by atoms with van der Waals surface area (Å²) < 4.78 is 0. The first-order chi connectivity index (χ1) is 10.6. The van der Waals surface area contributed by atoms with E-state index < -0.39 is 0 Å². The lowest BCUT2D eigenvalue weighted by atomic mass is 10.1. The van der Waals surface area contributed by atoms with Crippen molar-refractivity contribution >= 4 is 22.4 Å². The minimum Gasteiger partial charge on any atom is -0.296 e. The van der Waals surface area contributed by atoms with Crippen LogP contribution in [-0.4, -0.2) is 15.9 Å². The van der Waals surface area contributed by atoms with Gasteiger partial charge < -0.3 is 0 Å². The third-order valence-corrected chi connectivity index (χ3v) is 4.05. The first-order valence-electron chi connectivity index (χ1n) is 6.89. The highest BCUT2D eigenvalue weighted by atomic mass is 32.1. The second-order valence-corrected chi connectivity index (χ2v) is 5.89. The van der Waals surface area contributed by atoms with Crippen molar-refractivity contribution in [3.63, 3.8) is 0 Å². The zero-order valence-electron chi connectivity index (χ0n) is 12.3. The van der Waals surface area contributed by atoms with Crippen molar-refractivity contribution in [2.24, 2.45) is 0 Å². The molecule has 22 heavy (non-hydrogen) atoms. The summed E-state index contributed by atoms with van der Waals surface area (Å²) in [7, 11) is 0. The van der Waals surface area contributed by atoms with Gasteiger partial charge in [0.1, 0.15) is 5.69 Å². The Morgan fingerprint density at radius 2 is 1.91 bits per heavy atom. The fourth-order valence-corrected chi connectivity index (χ4v) is 2.78. The number of carbonyl (C=O) groups excluding carboxylic acids is 1. The van der Waals surface area contributed by atoms with Gasteiger partial charge in [0.15, 0.2) is 5.13 Å². The van der Waals surface area contributed by atoms with E-state index in [1.165, 1.54) is 16.9 Å². The largest absolute Gasteiger partial charge is 0.296 e. The third kappa shape index (κ3) is 3.04. The molecule has 0 aliphatic rings. The number of aryl methyl sites for hydroxylation is 2. The highest BCUT2D eigenvalue weighted by Gasteiger charge is 2.12. The normalized spacial score (nSPS) is 10.5. The van der Waals surface area contributed by atoms with E-state index in [1.54, 1.807) is 6.20 Å². The van der Waals surface area contributed by atoms with Gasteiger partial charge in [0.25, 0.3) is 5.91 Å². The summed E-state index contributed by atoms with van der Waals surface area (Å²) in [5.74, 6) is -0.233. The summed E-state index contributed by atoms with van der Waals surface area (Å²) in [6, 6.07) is 11.8. The van der Waals surface area contributed by atoms with E-state index in [1.807, 2.05) is 55.6 Å². The lowest BCUT2D eigenvalue weighted by Crippen LogP contribution is -2.14. The van der Waals surface area contributed by atoms with Crippen LogP contribution < -0.4 is 5.32 Å². The predicted octanol–water partition coefficient (Wildman–Crippen LogP) is 4.07. The van der Waals surface area contributed by atoms with Crippen molar-refractivity contribution in [2.45, 2.75) is 13.8 Å². The standard InChI is InChI=1S/C17H15N3OS/c1-11-5-7-13(8-6-11)14-10-22-17(19-14)20-16(21)15-12(2)4-3-9-18-15/h3-10H,1-2H3,(H,19,20,21). The van der Waals surface area contributed by atoms with Crippen LogP contribution in [0.5, 0.6) is 0 Å². The summed E-state index contributed by atoms with van der Waals surface area (Å²) in [5, 5.41) is 5.32. The molecule has 0 radical (unpaired) electrons. The molecule has 0 unspecified atom stereocenters. The zero-order valence-corrected chi connectivity index (χ0v) is 13.1. The molecule has 2 aromatic heterocycles. The number of nitrogens with one attached hydrogen (secondary N) is 1. The first-order valence-corrected chi connectivity index (χ1v) is 7.77. The molecule has 1 N–H and O–H groups in total. The van der Waals surface area contributed by atoms with Crippen molar-refractivity contribution in [1.29, 1.82) is 0 Å². The van der Waals surface area contributed by atoms with Gasteiger partial charge in [-0.3, -0.25) is 15.1 Å². The van der Waals surface area contributed by atoms with Gasteiger partial charge in [-0.1, -0.05) is 35.9 Å². The quantitative estimate of drug-likeness (QED) is 0.793. The number of carbonyl (C=O) groups is 1. The van der Waals surface area contributed by atoms with Crippen molar-refractivity contribution in [1.82, 2.24) is 9.97 Å². The van der Waals surface area contributed by atoms with Gasteiger partial charge in [-0.05, 0) is 25.5 Å². The fourth-order valence-electron chi connectivity index (χ4n) is 2.07. The number of nitrogens with zero attached hydrogens (tertiary/aromatic N) is 2. The maximum absolute atomic E-state index is 12.2. The van der Waals surface area contributed by atoms with Crippen molar-refractivity contribution in [3.8, 4) is 11.3 Å². The van der Waals surface area contributed by atoms with Crippen LogP contribution in [0.4, 0.5) is 5.13 Å². The highest BCUT2D eigenvalue weighted by molar-refractivity contribution is 7.14. The van der Waals surface area contributed by atoms with Crippen LogP contribution in [0.1, 0.15) is 21.6 Å². The molecule has 3 rings (SSSR count). The molecule has 3 aromatic rings. The Bertz CT molecular complexity index is 809. The van der Waals surface area contributed by atoms with Gasteiger partial charge in [0, 0.05) is 17.1 Å². The molecule has 5 heteroatoms. The first kappa shape index (κ1) is 14.4. The van der Waals surface area contributed by atoms with Crippen molar-refractivity contribution < 1.29 is 4.79 Å². The summed E-state index contributed by atoms with van der Waals surface area (Å²) in [4.78, 5) is 20.8. The van der Waals surface area contributed by atoms with Crippen LogP contribution >= 0.6 is 11.3 Å². The van der Waals surface area contributed by atoms with Gasteiger partial charge >= 0.3 is 0 Å². The molecule has 0 bridgehead atoms. The highest BCUT2D eigenvalue weighted by Crippen LogP contribution is 2.25. The van der Waals surface area contributed by atoms with Crippen molar-refractivity contribution in [3.05, 3.63) is 64.8 Å². The molecule has 0 aliphatic carbocycles. The monoisotopic (exact) mass is 309 g/mol.